The third kappa shape index (κ3) is 3.96. The third-order valence-electron chi connectivity index (χ3n) is 5.88. The minimum Gasteiger partial charge on any atom is -0.491 e. The van der Waals surface area contributed by atoms with Crippen LogP contribution in [0.4, 0.5) is 0 Å². The quantitative estimate of drug-likeness (QED) is 0.640. The van der Waals surface area contributed by atoms with Gasteiger partial charge in [-0.25, -0.2) is 9.67 Å². The predicted octanol–water partition coefficient (Wildman–Crippen LogP) is 2.90. The minimum atomic E-state index is -0.155. The number of morpholine rings is 1. The zero-order valence-electron chi connectivity index (χ0n) is 17.4. The molecule has 0 spiro atoms. The molecule has 7 nitrogen and oxygen atoms in total. The van der Waals surface area contributed by atoms with Crippen molar-refractivity contribution in [1.29, 1.82) is 0 Å². The molecule has 31 heavy (non-hydrogen) atoms. The zero-order valence-corrected chi connectivity index (χ0v) is 17.4. The first-order valence-electron chi connectivity index (χ1n) is 10.5. The first-order valence-corrected chi connectivity index (χ1v) is 10.5. The molecule has 1 amide bonds. The van der Waals surface area contributed by atoms with Crippen LogP contribution in [0.3, 0.4) is 0 Å². The van der Waals surface area contributed by atoms with Crippen molar-refractivity contribution in [1.82, 2.24) is 19.7 Å². The number of benzene rings is 2. The SMILES string of the molecule is CC1=C(C(=O)N2CCOC(COc3ccc(-n4cncn4)cc3)C2)Cc2ccccc21. The Morgan fingerprint density at radius 1 is 1.19 bits per heavy atom. The molecule has 5 rings (SSSR count). The van der Waals surface area contributed by atoms with Crippen LogP contribution >= 0.6 is 0 Å². The van der Waals surface area contributed by atoms with E-state index >= 15 is 0 Å². The van der Waals surface area contributed by atoms with Gasteiger partial charge in [0.15, 0.2) is 0 Å². The molecule has 1 aromatic heterocycles. The Kier molecular flexibility index (Phi) is 5.26. The van der Waals surface area contributed by atoms with Gasteiger partial charge in [-0.15, -0.1) is 0 Å². The van der Waals surface area contributed by atoms with E-state index in [1.54, 1.807) is 11.0 Å². The molecule has 2 heterocycles. The van der Waals surface area contributed by atoms with Gasteiger partial charge in [0.25, 0.3) is 5.91 Å². The lowest BCUT2D eigenvalue weighted by molar-refractivity contribution is -0.135. The fourth-order valence-electron chi connectivity index (χ4n) is 4.18. The lowest BCUT2D eigenvalue weighted by atomic mass is 10.1. The van der Waals surface area contributed by atoms with Gasteiger partial charge in [0.2, 0.25) is 0 Å². The molecule has 0 saturated carbocycles. The summed E-state index contributed by atoms with van der Waals surface area (Å²) in [5.41, 5.74) is 5.31. The smallest absolute Gasteiger partial charge is 0.250 e. The number of nitrogens with zero attached hydrogens (tertiary/aromatic N) is 4. The zero-order chi connectivity index (χ0) is 21.2. The van der Waals surface area contributed by atoms with Crippen LogP contribution in [-0.2, 0) is 16.0 Å². The molecule has 0 bridgehead atoms. The summed E-state index contributed by atoms with van der Waals surface area (Å²) in [5, 5.41) is 4.12. The summed E-state index contributed by atoms with van der Waals surface area (Å²) in [6.45, 7) is 4.09. The van der Waals surface area contributed by atoms with E-state index in [0.29, 0.717) is 32.7 Å². The highest BCUT2D eigenvalue weighted by Crippen LogP contribution is 2.33. The molecule has 2 aliphatic rings. The van der Waals surface area contributed by atoms with Crippen LogP contribution < -0.4 is 4.74 Å². The number of hydrogen-bond donors (Lipinski definition) is 0. The van der Waals surface area contributed by atoms with E-state index < -0.39 is 0 Å². The predicted molar refractivity (Wildman–Crippen MR) is 116 cm³/mol. The molecule has 0 radical (unpaired) electrons. The monoisotopic (exact) mass is 416 g/mol. The van der Waals surface area contributed by atoms with Crippen molar-refractivity contribution in [3.63, 3.8) is 0 Å². The molecule has 1 aliphatic heterocycles. The summed E-state index contributed by atoms with van der Waals surface area (Å²) in [6.07, 6.45) is 3.70. The van der Waals surface area contributed by atoms with Gasteiger partial charge < -0.3 is 14.4 Å². The van der Waals surface area contributed by atoms with Gasteiger partial charge in [-0.2, -0.15) is 5.10 Å². The van der Waals surface area contributed by atoms with Gasteiger partial charge in [0.1, 0.15) is 31.1 Å². The Hall–Kier alpha value is -3.45. The van der Waals surface area contributed by atoms with Crippen molar-refractivity contribution in [3.05, 3.63) is 77.9 Å². The van der Waals surface area contributed by atoms with Crippen molar-refractivity contribution in [2.45, 2.75) is 19.4 Å². The van der Waals surface area contributed by atoms with Gasteiger partial charge in [-0.3, -0.25) is 4.79 Å². The second-order valence-electron chi connectivity index (χ2n) is 7.83. The maximum absolute atomic E-state index is 13.2. The first kappa shape index (κ1) is 19.5. The number of carbonyl (C=O) groups excluding carboxylic acids is 1. The summed E-state index contributed by atoms with van der Waals surface area (Å²) in [6, 6.07) is 15.9. The van der Waals surface area contributed by atoms with Crippen LogP contribution in [0.5, 0.6) is 5.75 Å². The van der Waals surface area contributed by atoms with E-state index in [0.717, 1.165) is 22.6 Å². The van der Waals surface area contributed by atoms with Gasteiger partial charge in [-0.1, -0.05) is 24.3 Å². The van der Waals surface area contributed by atoms with Crippen molar-refractivity contribution in [3.8, 4) is 11.4 Å². The van der Waals surface area contributed by atoms with E-state index in [-0.39, 0.29) is 12.0 Å². The molecule has 1 unspecified atom stereocenters. The highest BCUT2D eigenvalue weighted by molar-refractivity contribution is 6.03. The minimum absolute atomic E-state index is 0.110. The molecule has 1 atom stereocenters. The van der Waals surface area contributed by atoms with Crippen molar-refractivity contribution in [2.24, 2.45) is 0 Å². The molecule has 3 aromatic rings. The van der Waals surface area contributed by atoms with Crippen LogP contribution in [0.15, 0.2) is 66.8 Å². The second-order valence-corrected chi connectivity index (χ2v) is 7.83. The van der Waals surface area contributed by atoms with Gasteiger partial charge in [0.05, 0.1) is 18.8 Å². The van der Waals surface area contributed by atoms with E-state index in [2.05, 4.69) is 22.2 Å². The summed E-state index contributed by atoms with van der Waals surface area (Å²) in [7, 11) is 0. The highest BCUT2D eigenvalue weighted by atomic mass is 16.5. The molecule has 0 N–H and O–H groups in total. The average molecular weight is 416 g/mol. The number of fused-ring (bicyclic) bond motifs is 1. The number of allylic oxidation sites excluding steroid dienone is 1. The lowest BCUT2D eigenvalue weighted by Gasteiger charge is -2.33. The highest BCUT2D eigenvalue weighted by Gasteiger charge is 2.30. The molecule has 158 valence electrons. The maximum atomic E-state index is 13.2. The standard InChI is InChI=1S/C24H24N4O3/c1-17-22-5-3-2-4-18(22)12-23(17)24(29)27-10-11-30-21(13-27)14-31-20-8-6-19(7-9-20)28-16-25-15-26-28/h2-9,15-16,21H,10-14H2,1H3. The fourth-order valence-corrected chi connectivity index (χ4v) is 4.18. The van der Waals surface area contributed by atoms with Gasteiger partial charge in [0, 0.05) is 18.5 Å². The van der Waals surface area contributed by atoms with Gasteiger partial charge >= 0.3 is 0 Å². The number of ether oxygens (including phenoxy) is 2. The van der Waals surface area contributed by atoms with Crippen LogP contribution in [0, 0.1) is 0 Å². The Bertz CT molecular complexity index is 1110. The molecule has 2 aromatic carbocycles. The number of carbonyl (C=O) groups is 1. The van der Waals surface area contributed by atoms with Crippen LogP contribution in [0.25, 0.3) is 11.3 Å². The summed E-state index contributed by atoms with van der Waals surface area (Å²) >= 11 is 0. The summed E-state index contributed by atoms with van der Waals surface area (Å²) in [5.74, 6) is 0.861. The first-order chi connectivity index (χ1) is 15.2. The fraction of sp³-hybridized carbons (Fsp3) is 0.292. The summed E-state index contributed by atoms with van der Waals surface area (Å²) < 4.78 is 13.5. The Labute approximate surface area is 180 Å². The largest absolute Gasteiger partial charge is 0.491 e. The van der Waals surface area contributed by atoms with Crippen LogP contribution in [-0.4, -0.2) is 58.0 Å². The van der Waals surface area contributed by atoms with Crippen LogP contribution in [0.2, 0.25) is 0 Å². The average Bonchev–Trinajstić information content (AvgIpc) is 3.47. The normalized spacial score (nSPS) is 18.2. The molecular weight excluding hydrogens is 392 g/mol. The topological polar surface area (TPSA) is 69.5 Å². The van der Waals surface area contributed by atoms with Crippen LogP contribution in [0.1, 0.15) is 18.1 Å². The maximum Gasteiger partial charge on any atom is 0.250 e. The molecular formula is C24H24N4O3. The number of aromatic nitrogens is 3. The second kappa shape index (κ2) is 8.35. The van der Waals surface area contributed by atoms with Crippen molar-refractivity contribution < 1.29 is 14.3 Å². The number of rotatable bonds is 5. The van der Waals surface area contributed by atoms with Gasteiger partial charge in [-0.05, 0) is 47.9 Å². The van der Waals surface area contributed by atoms with Crippen molar-refractivity contribution >= 4 is 11.5 Å². The third-order valence-corrected chi connectivity index (χ3v) is 5.88. The Morgan fingerprint density at radius 3 is 2.81 bits per heavy atom. The van der Waals surface area contributed by atoms with E-state index in [4.69, 9.17) is 9.47 Å². The lowest BCUT2D eigenvalue weighted by Crippen LogP contribution is -2.48. The van der Waals surface area contributed by atoms with E-state index in [1.807, 2.05) is 48.2 Å². The summed E-state index contributed by atoms with van der Waals surface area (Å²) in [4.78, 5) is 19.1. The molecule has 1 fully saturated rings. The number of amides is 1. The van der Waals surface area contributed by atoms with Crippen molar-refractivity contribution in [2.75, 3.05) is 26.3 Å². The molecule has 1 saturated heterocycles. The molecule has 7 heteroatoms. The number of hydrogen-bond acceptors (Lipinski definition) is 5. The van der Waals surface area contributed by atoms with E-state index in [9.17, 15) is 4.79 Å². The Morgan fingerprint density at radius 2 is 2.03 bits per heavy atom. The molecule has 1 aliphatic carbocycles. The van der Waals surface area contributed by atoms with E-state index in [1.165, 1.54) is 17.5 Å². The Balaban J connectivity index is 1.19.